The van der Waals surface area contributed by atoms with E-state index in [4.69, 9.17) is 4.74 Å². The number of morpholine rings is 1. The maximum atomic E-state index is 5.41. The first-order valence-electron chi connectivity index (χ1n) is 10.6. The number of piperidine rings is 1. The number of halogens is 1. The lowest BCUT2D eigenvalue weighted by molar-refractivity contribution is 0.0372. The molecule has 2 saturated heterocycles. The summed E-state index contributed by atoms with van der Waals surface area (Å²) in [7, 11) is 1.91. The number of hydrogen-bond acceptors (Lipinski definition) is 3. The fraction of sp³-hybridized carbons (Fsp3) is 0.682. The van der Waals surface area contributed by atoms with Crippen molar-refractivity contribution in [1.82, 2.24) is 15.1 Å². The van der Waals surface area contributed by atoms with Crippen LogP contribution in [-0.4, -0.2) is 75.3 Å². The summed E-state index contributed by atoms with van der Waals surface area (Å²) in [5, 5.41) is 3.58. The van der Waals surface area contributed by atoms with Gasteiger partial charge in [-0.1, -0.05) is 37.3 Å². The maximum absolute atomic E-state index is 5.41. The second kappa shape index (κ2) is 12.6. The predicted molar refractivity (Wildman–Crippen MR) is 128 cm³/mol. The minimum atomic E-state index is 0. The van der Waals surface area contributed by atoms with Gasteiger partial charge in [0.25, 0.3) is 0 Å². The lowest BCUT2D eigenvalue weighted by Crippen LogP contribution is -2.48. The summed E-state index contributed by atoms with van der Waals surface area (Å²) in [5.41, 5.74) is 1.48. The van der Waals surface area contributed by atoms with Gasteiger partial charge in [0.05, 0.1) is 13.2 Å². The van der Waals surface area contributed by atoms with Crippen LogP contribution >= 0.6 is 24.0 Å². The van der Waals surface area contributed by atoms with E-state index in [-0.39, 0.29) is 24.0 Å². The molecule has 0 aliphatic carbocycles. The third-order valence-corrected chi connectivity index (χ3v) is 5.93. The smallest absolute Gasteiger partial charge is 0.193 e. The van der Waals surface area contributed by atoms with Gasteiger partial charge in [-0.15, -0.1) is 24.0 Å². The molecule has 0 amide bonds. The molecule has 0 radical (unpaired) electrons. The molecule has 3 rings (SSSR count). The zero-order chi connectivity index (χ0) is 18.9. The third-order valence-electron chi connectivity index (χ3n) is 5.93. The van der Waals surface area contributed by atoms with E-state index in [1.807, 2.05) is 7.05 Å². The van der Waals surface area contributed by atoms with Crippen molar-refractivity contribution in [3.05, 3.63) is 35.9 Å². The first-order chi connectivity index (χ1) is 13.3. The van der Waals surface area contributed by atoms with Crippen LogP contribution in [-0.2, 0) is 4.74 Å². The quantitative estimate of drug-likeness (QED) is 0.281. The Balaban J connectivity index is 0.00000280. The summed E-state index contributed by atoms with van der Waals surface area (Å²) in [4.78, 5) is 9.48. The topological polar surface area (TPSA) is 40.1 Å². The summed E-state index contributed by atoms with van der Waals surface area (Å²) in [5.74, 6) is 2.37. The summed E-state index contributed by atoms with van der Waals surface area (Å²) in [6.45, 7) is 10.7. The van der Waals surface area contributed by atoms with Gasteiger partial charge in [-0.3, -0.25) is 9.89 Å². The minimum absolute atomic E-state index is 0. The Morgan fingerprint density at radius 3 is 2.57 bits per heavy atom. The van der Waals surface area contributed by atoms with Crippen molar-refractivity contribution >= 4 is 29.9 Å². The van der Waals surface area contributed by atoms with Crippen molar-refractivity contribution in [3.8, 4) is 0 Å². The molecule has 1 N–H and O–H groups in total. The normalized spacial score (nSPS) is 23.9. The Morgan fingerprint density at radius 1 is 1.14 bits per heavy atom. The average molecular weight is 500 g/mol. The van der Waals surface area contributed by atoms with Crippen LogP contribution in [0.5, 0.6) is 0 Å². The van der Waals surface area contributed by atoms with Crippen molar-refractivity contribution in [1.29, 1.82) is 0 Å². The lowest BCUT2D eigenvalue weighted by atomic mass is 9.82. The number of unbranched alkanes of at least 4 members (excludes halogenated alkanes) is 1. The third kappa shape index (κ3) is 6.88. The highest BCUT2D eigenvalue weighted by Crippen LogP contribution is 2.32. The molecule has 2 atom stereocenters. The Bertz CT molecular complexity index is 577. The summed E-state index contributed by atoms with van der Waals surface area (Å²) < 4.78 is 5.41. The lowest BCUT2D eigenvalue weighted by Gasteiger charge is -2.39. The predicted octanol–water partition coefficient (Wildman–Crippen LogP) is 3.42. The molecule has 2 unspecified atom stereocenters. The number of ether oxygens (including phenoxy) is 1. The summed E-state index contributed by atoms with van der Waals surface area (Å²) >= 11 is 0. The van der Waals surface area contributed by atoms with E-state index in [2.05, 4.69) is 57.4 Å². The number of nitrogens with one attached hydrogen (secondary N) is 1. The van der Waals surface area contributed by atoms with Crippen LogP contribution in [0.25, 0.3) is 0 Å². The number of benzene rings is 1. The molecule has 0 saturated carbocycles. The molecular weight excluding hydrogens is 463 g/mol. The van der Waals surface area contributed by atoms with Gasteiger partial charge in [0.15, 0.2) is 5.96 Å². The van der Waals surface area contributed by atoms with Gasteiger partial charge in [0.1, 0.15) is 0 Å². The van der Waals surface area contributed by atoms with E-state index in [0.717, 1.165) is 51.9 Å². The minimum Gasteiger partial charge on any atom is -0.379 e. The molecule has 0 bridgehead atoms. The van der Waals surface area contributed by atoms with Gasteiger partial charge in [-0.05, 0) is 43.2 Å². The van der Waals surface area contributed by atoms with Crippen LogP contribution in [0.15, 0.2) is 35.3 Å². The molecule has 6 heteroatoms. The van der Waals surface area contributed by atoms with Crippen molar-refractivity contribution < 1.29 is 4.74 Å². The van der Waals surface area contributed by atoms with Crippen LogP contribution in [0.3, 0.4) is 0 Å². The number of likely N-dealkylation sites (tertiary alicyclic amines) is 1. The molecule has 158 valence electrons. The van der Waals surface area contributed by atoms with Gasteiger partial charge in [0, 0.05) is 39.8 Å². The van der Waals surface area contributed by atoms with Crippen molar-refractivity contribution in [2.45, 2.75) is 32.1 Å². The second-order valence-electron chi connectivity index (χ2n) is 7.86. The fourth-order valence-electron chi connectivity index (χ4n) is 4.35. The van der Waals surface area contributed by atoms with Gasteiger partial charge in [-0.25, -0.2) is 0 Å². The van der Waals surface area contributed by atoms with Crippen molar-refractivity contribution in [3.63, 3.8) is 0 Å². The molecule has 1 aromatic carbocycles. The van der Waals surface area contributed by atoms with E-state index in [9.17, 15) is 0 Å². The highest BCUT2D eigenvalue weighted by Gasteiger charge is 2.28. The Labute approximate surface area is 187 Å². The number of hydrogen-bond donors (Lipinski definition) is 1. The van der Waals surface area contributed by atoms with Crippen LogP contribution in [0.4, 0.5) is 0 Å². The molecule has 2 aliphatic heterocycles. The van der Waals surface area contributed by atoms with Crippen LogP contribution in [0.1, 0.15) is 37.7 Å². The molecule has 2 heterocycles. The monoisotopic (exact) mass is 500 g/mol. The standard InChI is InChI=1S/C22H36N4O.HI/c1-19-18-26(13-10-21(19)20-8-4-3-5-9-20)22(23-2)24-11-6-7-12-25-14-16-27-17-15-25;/h3-5,8-9,19,21H,6-7,10-18H2,1-2H3,(H,23,24);1H. The Kier molecular flexibility index (Phi) is 10.6. The first kappa shape index (κ1) is 23.4. The second-order valence-corrected chi connectivity index (χ2v) is 7.86. The average Bonchev–Trinajstić information content (AvgIpc) is 2.72. The zero-order valence-corrected chi connectivity index (χ0v) is 19.8. The molecule has 28 heavy (non-hydrogen) atoms. The molecule has 1 aromatic rings. The van der Waals surface area contributed by atoms with Crippen LogP contribution in [0, 0.1) is 5.92 Å². The number of aliphatic imine (C=N–C) groups is 1. The number of guanidine groups is 1. The molecular formula is C22H37IN4O. The van der Waals surface area contributed by atoms with E-state index in [0.29, 0.717) is 11.8 Å². The largest absolute Gasteiger partial charge is 0.379 e. The zero-order valence-electron chi connectivity index (χ0n) is 17.5. The maximum Gasteiger partial charge on any atom is 0.193 e. The molecule has 2 fully saturated rings. The van der Waals surface area contributed by atoms with E-state index in [1.165, 1.54) is 31.4 Å². The van der Waals surface area contributed by atoms with Gasteiger partial charge < -0.3 is 15.0 Å². The van der Waals surface area contributed by atoms with Crippen LogP contribution in [0.2, 0.25) is 0 Å². The first-order valence-corrected chi connectivity index (χ1v) is 10.6. The SMILES string of the molecule is CN=C(NCCCCN1CCOCC1)N1CCC(c2ccccc2)C(C)C1.I. The summed E-state index contributed by atoms with van der Waals surface area (Å²) in [6.07, 6.45) is 3.62. The van der Waals surface area contributed by atoms with Gasteiger partial charge >= 0.3 is 0 Å². The van der Waals surface area contributed by atoms with Crippen molar-refractivity contribution in [2.75, 3.05) is 59.5 Å². The molecule has 2 aliphatic rings. The van der Waals surface area contributed by atoms with E-state index >= 15 is 0 Å². The molecule has 5 nitrogen and oxygen atoms in total. The highest BCUT2D eigenvalue weighted by atomic mass is 127. The van der Waals surface area contributed by atoms with Gasteiger partial charge in [-0.2, -0.15) is 0 Å². The number of rotatable bonds is 6. The fourth-order valence-corrected chi connectivity index (χ4v) is 4.35. The van der Waals surface area contributed by atoms with Gasteiger partial charge in [0.2, 0.25) is 0 Å². The number of nitrogens with zero attached hydrogens (tertiary/aromatic N) is 3. The van der Waals surface area contributed by atoms with E-state index < -0.39 is 0 Å². The molecule has 0 spiro atoms. The summed E-state index contributed by atoms with van der Waals surface area (Å²) in [6, 6.07) is 11.0. The molecule has 0 aromatic heterocycles. The van der Waals surface area contributed by atoms with E-state index in [1.54, 1.807) is 0 Å². The highest BCUT2D eigenvalue weighted by molar-refractivity contribution is 14.0. The Morgan fingerprint density at radius 2 is 1.89 bits per heavy atom. The Hall–Kier alpha value is -0.860. The van der Waals surface area contributed by atoms with Crippen molar-refractivity contribution in [2.24, 2.45) is 10.9 Å². The van der Waals surface area contributed by atoms with Crippen LogP contribution < -0.4 is 5.32 Å².